The molecule has 88 valence electrons. The third kappa shape index (κ3) is 4.22. The zero-order valence-corrected chi connectivity index (χ0v) is 9.42. The van der Waals surface area contributed by atoms with E-state index >= 15 is 0 Å². The van der Waals surface area contributed by atoms with Gasteiger partial charge in [0.25, 0.3) is 0 Å². The molecule has 1 amide bonds. The molecule has 1 rings (SSSR count). The van der Waals surface area contributed by atoms with E-state index in [0.29, 0.717) is 5.95 Å². The predicted molar refractivity (Wildman–Crippen MR) is 60.0 cm³/mol. The summed E-state index contributed by atoms with van der Waals surface area (Å²) in [5.41, 5.74) is 0. The van der Waals surface area contributed by atoms with Crippen LogP contribution in [0.15, 0.2) is 18.5 Å². The molecule has 1 atom stereocenters. The number of amides is 1. The van der Waals surface area contributed by atoms with E-state index in [2.05, 4.69) is 15.3 Å². The van der Waals surface area contributed by atoms with E-state index in [1.807, 2.05) is 0 Å². The van der Waals surface area contributed by atoms with Crippen LogP contribution >= 0.6 is 0 Å². The summed E-state index contributed by atoms with van der Waals surface area (Å²) < 4.78 is 0. The highest BCUT2D eigenvalue weighted by Crippen LogP contribution is 2.00. The minimum atomic E-state index is -0.540. The number of likely N-dealkylation sites (N-methyl/N-ethyl adjacent to an activating group) is 1. The van der Waals surface area contributed by atoms with Crippen LogP contribution in [0.2, 0.25) is 0 Å². The van der Waals surface area contributed by atoms with Crippen molar-refractivity contribution in [2.75, 3.05) is 25.0 Å². The smallest absolute Gasteiger partial charge is 0.239 e. The van der Waals surface area contributed by atoms with Crippen LogP contribution < -0.4 is 10.2 Å². The summed E-state index contributed by atoms with van der Waals surface area (Å²) >= 11 is 0. The van der Waals surface area contributed by atoms with Gasteiger partial charge in [0.1, 0.15) is 0 Å². The lowest BCUT2D eigenvalue weighted by Gasteiger charge is -2.16. The van der Waals surface area contributed by atoms with Crippen molar-refractivity contribution in [2.45, 2.75) is 13.0 Å². The largest absolute Gasteiger partial charge is 0.392 e. The summed E-state index contributed by atoms with van der Waals surface area (Å²) in [7, 11) is 1.73. The lowest BCUT2D eigenvalue weighted by atomic mass is 10.4. The lowest BCUT2D eigenvalue weighted by molar-refractivity contribution is -0.120. The number of carbonyl (C=O) groups is 1. The Morgan fingerprint density at radius 3 is 2.75 bits per heavy atom. The third-order valence-corrected chi connectivity index (χ3v) is 1.87. The van der Waals surface area contributed by atoms with Gasteiger partial charge in [-0.2, -0.15) is 0 Å². The van der Waals surface area contributed by atoms with Crippen molar-refractivity contribution in [3.05, 3.63) is 18.5 Å². The molecule has 0 aromatic carbocycles. The SMILES string of the molecule is C[C@@H](O)CNC(=O)CN(C)c1ncccn1. The number of nitrogens with one attached hydrogen (secondary N) is 1. The average Bonchev–Trinajstić information content (AvgIpc) is 2.27. The average molecular weight is 224 g/mol. The molecular formula is C10H16N4O2. The van der Waals surface area contributed by atoms with Crippen molar-refractivity contribution in [3.63, 3.8) is 0 Å². The van der Waals surface area contributed by atoms with Crippen molar-refractivity contribution in [1.82, 2.24) is 15.3 Å². The van der Waals surface area contributed by atoms with Crippen molar-refractivity contribution < 1.29 is 9.90 Å². The first kappa shape index (κ1) is 12.4. The Hall–Kier alpha value is -1.69. The molecule has 0 fully saturated rings. The van der Waals surface area contributed by atoms with Crippen molar-refractivity contribution >= 4 is 11.9 Å². The summed E-state index contributed by atoms with van der Waals surface area (Å²) in [5, 5.41) is 11.6. The Kier molecular flexibility index (Phi) is 4.65. The van der Waals surface area contributed by atoms with Gasteiger partial charge < -0.3 is 15.3 Å². The molecule has 0 saturated heterocycles. The van der Waals surface area contributed by atoms with Gasteiger partial charge in [0.15, 0.2) is 0 Å². The zero-order chi connectivity index (χ0) is 12.0. The molecule has 6 nitrogen and oxygen atoms in total. The minimum absolute atomic E-state index is 0.163. The van der Waals surface area contributed by atoms with Crippen LogP contribution in [-0.4, -0.2) is 47.2 Å². The van der Waals surface area contributed by atoms with Crippen molar-refractivity contribution in [1.29, 1.82) is 0 Å². The second-order valence-corrected chi connectivity index (χ2v) is 3.56. The number of aromatic nitrogens is 2. The predicted octanol–water partition coefficient (Wildman–Crippen LogP) is -0.590. The van der Waals surface area contributed by atoms with Crippen LogP contribution in [-0.2, 0) is 4.79 Å². The van der Waals surface area contributed by atoms with Gasteiger partial charge in [0, 0.05) is 26.0 Å². The molecule has 0 saturated carbocycles. The molecule has 2 N–H and O–H groups in total. The summed E-state index contributed by atoms with van der Waals surface area (Å²) in [6.45, 7) is 2.03. The van der Waals surface area contributed by atoms with E-state index in [0.717, 1.165) is 0 Å². The van der Waals surface area contributed by atoms with Crippen LogP contribution in [0.5, 0.6) is 0 Å². The van der Waals surface area contributed by atoms with Gasteiger partial charge in [-0.1, -0.05) is 0 Å². The van der Waals surface area contributed by atoms with Gasteiger partial charge in [-0.3, -0.25) is 4.79 Å². The second kappa shape index (κ2) is 6.02. The molecule has 1 aromatic rings. The third-order valence-electron chi connectivity index (χ3n) is 1.87. The summed E-state index contributed by atoms with van der Waals surface area (Å²) in [6.07, 6.45) is 2.70. The highest BCUT2D eigenvalue weighted by Gasteiger charge is 2.09. The minimum Gasteiger partial charge on any atom is -0.392 e. The first-order valence-electron chi connectivity index (χ1n) is 5.02. The number of aliphatic hydroxyl groups is 1. The molecule has 0 unspecified atom stereocenters. The number of rotatable bonds is 5. The van der Waals surface area contributed by atoms with E-state index in [1.165, 1.54) is 0 Å². The van der Waals surface area contributed by atoms with Gasteiger partial charge in [-0.05, 0) is 13.0 Å². The highest BCUT2D eigenvalue weighted by molar-refractivity contribution is 5.80. The number of hydrogen-bond donors (Lipinski definition) is 2. The summed E-state index contributed by atoms with van der Waals surface area (Å²) in [5.74, 6) is 0.325. The molecule has 0 bridgehead atoms. The fourth-order valence-corrected chi connectivity index (χ4v) is 1.09. The van der Waals surface area contributed by atoms with E-state index in [1.54, 1.807) is 37.3 Å². The molecule has 16 heavy (non-hydrogen) atoms. The van der Waals surface area contributed by atoms with Crippen LogP contribution in [0.3, 0.4) is 0 Å². The normalized spacial score (nSPS) is 11.9. The number of hydrogen-bond acceptors (Lipinski definition) is 5. The molecular weight excluding hydrogens is 208 g/mol. The Morgan fingerprint density at radius 2 is 2.19 bits per heavy atom. The molecule has 0 aliphatic carbocycles. The van der Waals surface area contributed by atoms with Crippen molar-refractivity contribution in [2.24, 2.45) is 0 Å². The maximum absolute atomic E-state index is 11.4. The van der Waals surface area contributed by atoms with Crippen LogP contribution in [0.4, 0.5) is 5.95 Å². The fraction of sp³-hybridized carbons (Fsp3) is 0.500. The van der Waals surface area contributed by atoms with Gasteiger partial charge in [-0.25, -0.2) is 9.97 Å². The Bertz CT molecular complexity index is 329. The van der Waals surface area contributed by atoms with Gasteiger partial charge in [-0.15, -0.1) is 0 Å². The maximum atomic E-state index is 11.4. The van der Waals surface area contributed by atoms with E-state index < -0.39 is 6.10 Å². The summed E-state index contributed by atoms with van der Waals surface area (Å²) in [4.78, 5) is 21.1. The number of anilines is 1. The number of carbonyl (C=O) groups excluding carboxylic acids is 1. The standard InChI is InChI=1S/C10H16N4O2/c1-8(15)6-13-9(16)7-14(2)10-11-4-3-5-12-10/h3-5,8,15H,6-7H2,1-2H3,(H,13,16)/t8-/m1/s1. The van der Waals surface area contributed by atoms with E-state index in [9.17, 15) is 4.79 Å². The maximum Gasteiger partial charge on any atom is 0.239 e. The quantitative estimate of drug-likeness (QED) is 0.699. The number of nitrogens with zero attached hydrogens (tertiary/aromatic N) is 3. The number of aliphatic hydroxyl groups excluding tert-OH is 1. The molecule has 6 heteroatoms. The van der Waals surface area contributed by atoms with Gasteiger partial charge in [0.2, 0.25) is 11.9 Å². The molecule has 0 aliphatic rings. The van der Waals surface area contributed by atoms with Crippen LogP contribution in [0, 0.1) is 0 Å². The summed E-state index contributed by atoms with van der Waals surface area (Å²) in [6, 6.07) is 1.71. The Balaban J connectivity index is 2.40. The molecule has 0 spiro atoms. The molecule has 1 aromatic heterocycles. The lowest BCUT2D eigenvalue weighted by Crippen LogP contribution is -2.38. The molecule has 0 radical (unpaired) electrons. The van der Waals surface area contributed by atoms with E-state index in [4.69, 9.17) is 5.11 Å². The van der Waals surface area contributed by atoms with Gasteiger partial charge >= 0.3 is 0 Å². The fourth-order valence-electron chi connectivity index (χ4n) is 1.09. The first-order chi connectivity index (χ1) is 7.59. The first-order valence-corrected chi connectivity index (χ1v) is 5.02. The molecule has 0 aliphatic heterocycles. The van der Waals surface area contributed by atoms with Gasteiger partial charge in [0.05, 0.1) is 12.6 Å². The van der Waals surface area contributed by atoms with E-state index in [-0.39, 0.29) is 19.0 Å². The second-order valence-electron chi connectivity index (χ2n) is 3.56. The van der Waals surface area contributed by atoms with Crippen LogP contribution in [0.1, 0.15) is 6.92 Å². The zero-order valence-electron chi connectivity index (χ0n) is 9.42. The highest BCUT2D eigenvalue weighted by atomic mass is 16.3. The Labute approximate surface area is 94.3 Å². The monoisotopic (exact) mass is 224 g/mol. The van der Waals surface area contributed by atoms with Crippen LogP contribution in [0.25, 0.3) is 0 Å². The topological polar surface area (TPSA) is 78.4 Å². The Morgan fingerprint density at radius 1 is 1.56 bits per heavy atom. The molecule has 1 heterocycles. The van der Waals surface area contributed by atoms with Crippen molar-refractivity contribution in [3.8, 4) is 0 Å².